The van der Waals surface area contributed by atoms with Gasteiger partial charge in [0.15, 0.2) is 11.4 Å². The quantitative estimate of drug-likeness (QED) is 0.817. The van der Waals surface area contributed by atoms with Crippen molar-refractivity contribution in [3.05, 3.63) is 24.2 Å². The number of likely N-dealkylation sites (tertiary alicyclic amines) is 2. The molecule has 1 aromatic heterocycles. The van der Waals surface area contributed by atoms with Gasteiger partial charge in [-0.15, -0.1) is 0 Å². The maximum atomic E-state index is 13.7. The predicted molar refractivity (Wildman–Crippen MR) is 66.7 cm³/mol. The Morgan fingerprint density at radius 1 is 1.25 bits per heavy atom. The number of alkyl halides is 1. The monoisotopic (exact) mass is 278 g/mol. The summed E-state index contributed by atoms with van der Waals surface area (Å²) in [7, 11) is 0. The molecule has 1 saturated carbocycles. The van der Waals surface area contributed by atoms with Gasteiger partial charge in [0, 0.05) is 19.6 Å². The molecule has 0 N–H and O–H groups in total. The smallest absolute Gasteiger partial charge is 0.290 e. The number of amides is 2. The molecule has 4 rings (SSSR count). The lowest BCUT2D eigenvalue weighted by Gasteiger charge is -2.62. The van der Waals surface area contributed by atoms with Crippen LogP contribution in [-0.4, -0.2) is 52.5 Å². The fourth-order valence-electron chi connectivity index (χ4n) is 3.13. The van der Waals surface area contributed by atoms with Crippen LogP contribution in [0.2, 0.25) is 0 Å². The Morgan fingerprint density at radius 2 is 2.00 bits per heavy atom. The van der Waals surface area contributed by atoms with E-state index in [-0.39, 0.29) is 11.4 Å². The van der Waals surface area contributed by atoms with Gasteiger partial charge in [-0.1, -0.05) is 0 Å². The fraction of sp³-hybridized carbons (Fsp3) is 0.571. The van der Waals surface area contributed by atoms with Gasteiger partial charge in [-0.3, -0.25) is 9.59 Å². The molecule has 0 aromatic carbocycles. The zero-order valence-electron chi connectivity index (χ0n) is 11.0. The van der Waals surface area contributed by atoms with Crippen LogP contribution in [0.5, 0.6) is 0 Å². The molecular weight excluding hydrogens is 263 g/mol. The van der Waals surface area contributed by atoms with E-state index in [1.54, 1.807) is 17.0 Å². The second-order valence-electron chi connectivity index (χ2n) is 6.03. The van der Waals surface area contributed by atoms with Crippen molar-refractivity contribution >= 4 is 11.8 Å². The highest BCUT2D eigenvalue weighted by molar-refractivity contribution is 5.94. The molecule has 3 fully saturated rings. The molecule has 2 aliphatic heterocycles. The van der Waals surface area contributed by atoms with Crippen LogP contribution in [0.15, 0.2) is 22.8 Å². The van der Waals surface area contributed by atoms with Crippen LogP contribution in [0.1, 0.15) is 29.8 Å². The number of furan rings is 1. The number of nitrogens with zero attached hydrogens (tertiary/aromatic N) is 2. The summed E-state index contributed by atoms with van der Waals surface area (Å²) < 4.78 is 18.9. The zero-order valence-corrected chi connectivity index (χ0v) is 11.0. The molecule has 2 saturated heterocycles. The second kappa shape index (κ2) is 3.62. The first-order valence-corrected chi connectivity index (χ1v) is 6.88. The van der Waals surface area contributed by atoms with Gasteiger partial charge in [0.05, 0.1) is 11.8 Å². The molecule has 1 aromatic rings. The third kappa shape index (κ3) is 1.47. The third-order valence-electron chi connectivity index (χ3n) is 4.68. The molecule has 0 atom stereocenters. The summed E-state index contributed by atoms with van der Waals surface area (Å²) in [5.74, 6) is -0.229. The molecule has 5 nitrogen and oxygen atoms in total. The molecule has 3 aliphatic rings. The first-order chi connectivity index (χ1) is 9.54. The lowest BCUT2D eigenvalue weighted by molar-refractivity contribution is -0.160. The van der Waals surface area contributed by atoms with Gasteiger partial charge in [0.1, 0.15) is 0 Å². The highest BCUT2D eigenvalue weighted by Crippen LogP contribution is 2.46. The molecule has 0 unspecified atom stereocenters. The summed E-state index contributed by atoms with van der Waals surface area (Å²) >= 11 is 0. The molecule has 106 valence electrons. The minimum Gasteiger partial charge on any atom is -0.459 e. The van der Waals surface area contributed by atoms with Gasteiger partial charge in [-0.05, 0) is 31.4 Å². The normalized spacial score (nSPS) is 25.1. The van der Waals surface area contributed by atoms with Gasteiger partial charge in [-0.2, -0.15) is 0 Å². The van der Waals surface area contributed by atoms with Crippen LogP contribution in [0.4, 0.5) is 4.39 Å². The molecular formula is C14H15FN2O3. The van der Waals surface area contributed by atoms with E-state index in [0.29, 0.717) is 38.2 Å². The highest BCUT2D eigenvalue weighted by Gasteiger charge is 2.62. The van der Waals surface area contributed by atoms with Crippen LogP contribution in [0.25, 0.3) is 0 Å². The SMILES string of the molecule is O=C(c1ccco1)N1CCC12CN(C(=O)C1(F)CC1)C2. The average molecular weight is 278 g/mol. The fourth-order valence-corrected chi connectivity index (χ4v) is 3.13. The van der Waals surface area contributed by atoms with Crippen LogP contribution in [-0.2, 0) is 4.79 Å². The molecule has 0 radical (unpaired) electrons. The highest BCUT2D eigenvalue weighted by atomic mass is 19.1. The summed E-state index contributed by atoms with van der Waals surface area (Å²) in [5.41, 5.74) is -1.90. The van der Waals surface area contributed by atoms with Crippen molar-refractivity contribution in [1.29, 1.82) is 0 Å². The Labute approximate surface area is 115 Å². The number of halogens is 1. The van der Waals surface area contributed by atoms with E-state index in [4.69, 9.17) is 4.42 Å². The van der Waals surface area contributed by atoms with Crippen LogP contribution < -0.4 is 0 Å². The Hall–Kier alpha value is -1.85. The van der Waals surface area contributed by atoms with Gasteiger partial charge in [0.25, 0.3) is 11.8 Å². The minimum absolute atomic E-state index is 0.144. The van der Waals surface area contributed by atoms with Crippen molar-refractivity contribution in [2.75, 3.05) is 19.6 Å². The Bertz CT molecular complexity index is 573. The average Bonchev–Trinajstić information content (AvgIpc) is 2.90. The van der Waals surface area contributed by atoms with Crippen molar-refractivity contribution in [1.82, 2.24) is 9.80 Å². The Kier molecular flexibility index (Phi) is 2.16. The number of hydrogen-bond donors (Lipinski definition) is 0. The minimum atomic E-state index is -1.61. The van der Waals surface area contributed by atoms with Gasteiger partial charge in [0.2, 0.25) is 0 Å². The third-order valence-corrected chi connectivity index (χ3v) is 4.68. The van der Waals surface area contributed by atoms with E-state index in [1.165, 1.54) is 11.2 Å². The van der Waals surface area contributed by atoms with Gasteiger partial charge in [-0.25, -0.2) is 4.39 Å². The maximum Gasteiger partial charge on any atom is 0.290 e. The summed E-state index contributed by atoms with van der Waals surface area (Å²) in [6.07, 6.45) is 3.01. The van der Waals surface area contributed by atoms with Crippen molar-refractivity contribution in [3.63, 3.8) is 0 Å². The van der Waals surface area contributed by atoms with E-state index in [0.717, 1.165) is 6.42 Å². The zero-order chi connectivity index (χ0) is 14.0. The van der Waals surface area contributed by atoms with E-state index >= 15 is 0 Å². The molecule has 3 heterocycles. The van der Waals surface area contributed by atoms with E-state index in [9.17, 15) is 14.0 Å². The first kappa shape index (κ1) is 11.9. The van der Waals surface area contributed by atoms with Crippen LogP contribution >= 0.6 is 0 Å². The number of carbonyl (C=O) groups excluding carboxylic acids is 2. The lowest BCUT2D eigenvalue weighted by Crippen LogP contribution is -2.79. The molecule has 20 heavy (non-hydrogen) atoms. The number of carbonyl (C=O) groups is 2. The molecule has 1 aliphatic carbocycles. The summed E-state index contributed by atoms with van der Waals surface area (Å²) in [5, 5.41) is 0. The molecule has 0 bridgehead atoms. The predicted octanol–water partition coefficient (Wildman–Crippen LogP) is 1.21. The van der Waals surface area contributed by atoms with Gasteiger partial charge >= 0.3 is 0 Å². The molecule has 6 heteroatoms. The summed E-state index contributed by atoms with van der Waals surface area (Å²) in [6.45, 7) is 1.57. The van der Waals surface area contributed by atoms with E-state index < -0.39 is 11.6 Å². The van der Waals surface area contributed by atoms with Gasteiger partial charge < -0.3 is 14.2 Å². The number of rotatable bonds is 2. The standard InChI is InChI=1S/C14H15FN2O3/c15-14(3-4-14)12(19)16-8-13(9-16)5-6-17(13)11(18)10-2-1-7-20-10/h1-2,7H,3-6,8-9H2. The largest absolute Gasteiger partial charge is 0.459 e. The van der Waals surface area contributed by atoms with Crippen molar-refractivity contribution in [2.24, 2.45) is 0 Å². The topological polar surface area (TPSA) is 53.8 Å². The molecule has 2 amide bonds. The summed E-state index contributed by atoms with van der Waals surface area (Å²) in [6, 6.07) is 3.31. The molecule has 1 spiro atoms. The Morgan fingerprint density at radius 3 is 2.50 bits per heavy atom. The van der Waals surface area contributed by atoms with Crippen molar-refractivity contribution in [3.8, 4) is 0 Å². The number of hydrogen-bond acceptors (Lipinski definition) is 3. The van der Waals surface area contributed by atoms with Crippen molar-refractivity contribution < 1.29 is 18.4 Å². The summed E-state index contributed by atoms with van der Waals surface area (Å²) in [4.78, 5) is 27.4. The Balaban J connectivity index is 1.43. The van der Waals surface area contributed by atoms with Crippen LogP contribution in [0, 0.1) is 0 Å². The lowest BCUT2D eigenvalue weighted by atomic mass is 9.77. The van der Waals surface area contributed by atoms with E-state index in [2.05, 4.69) is 0 Å². The van der Waals surface area contributed by atoms with Crippen molar-refractivity contribution in [2.45, 2.75) is 30.5 Å². The van der Waals surface area contributed by atoms with E-state index in [1.807, 2.05) is 0 Å². The first-order valence-electron chi connectivity index (χ1n) is 6.88. The maximum absolute atomic E-state index is 13.7. The second-order valence-corrected chi connectivity index (χ2v) is 6.03. The van der Waals surface area contributed by atoms with Crippen LogP contribution in [0.3, 0.4) is 0 Å².